The molecule has 26 heavy (non-hydrogen) atoms. The van der Waals surface area contributed by atoms with Crippen LogP contribution in [-0.2, 0) is 8.37 Å². The Morgan fingerprint density at radius 1 is 1.42 bits per heavy atom. The second kappa shape index (κ2) is 6.90. The van der Waals surface area contributed by atoms with Gasteiger partial charge >= 0.3 is 5.97 Å². The van der Waals surface area contributed by atoms with Crippen LogP contribution < -0.4 is 9.62 Å². The number of anilines is 2. The van der Waals surface area contributed by atoms with E-state index in [4.69, 9.17) is 8.37 Å². The number of aromatic nitrogens is 1. The number of carboxylic acid groups (broad SMARTS) is 1. The smallest absolute Gasteiger partial charge is 0.335 e. The zero-order chi connectivity index (χ0) is 19.1. The minimum atomic E-state index is -2.05. The normalized spacial score (nSPS) is 24.0. The topological polar surface area (TPSA) is 83.9 Å². The summed E-state index contributed by atoms with van der Waals surface area (Å²) in [5.74, 6) is 1.51. The molecule has 0 radical (unpaired) electrons. The van der Waals surface area contributed by atoms with Crippen LogP contribution in [0.5, 0.6) is 0 Å². The number of pyridine rings is 1. The van der Waals surface area contributed by atoms with Gasteiger partial charge in [0.05, 0.1) is 24.5 Å². The summed E-state index contributed by atoms with van der Waals surface area (Å²) >= 11 is 0. The van der Waals surface area contributed by atoms with Crippen molar-refractivity contribution in [3.05, 3.63) is 17.7 Å². The monoisotopic (exact) mass is 383 g/mol. The Morgan fingerprint density at radius 3 is 2.50 bits per heavy atom. The van der Waals surface area contributed by atoms with Gasteiger partial charge in [0.1, 0.15) is 11.6 Å². The molecule has 1 heterocycles. The molecule has 2 saturated carbocycles. The van der Waals surface area contributed by atoms with Crippen LogP contribution in [0, 0.1) is 11.8 Å². The van der Waals surface area contributed by atoms with Crippen molar-refractivity contribution in [1.82, 2.24) is 4.98 Å². The lowest BCUT2D eigenvalue weighted by atomic mass is 10.2. The van der Waals surface area contributed by atoms with Gasteiger partial charge in [-0.05, 0) is 50.2 Å². The highest BCUT2D eigenvalue weighted by atomic mass is 32.3. The highest BCUT2D eigenvalue weighted by Gasteiger charge is 2.54. The first-order chi connectivity index (χ1) is 12.3. The molecular weight excluding hydrogens is 354 g/mol. The van der Waals surface area contributed by atoms with Gasteiger partial charge in [-0.1, -0.05) is 6.92 Å². The van der Waals surface area contributed by atoms with E-state index in [2.05, 4.69) is 24.1 Å². The van der Waals surface area contributed by atoms with Gasteiger partial charge in [0.2, 0.25) is 0 Å². The molecule has 0 aromatic carbocycles. The lowest BCUT2D eigenvalue weighted by molar-refractivity contribution is 0.0697. The van der Waals surface area contributed by atoms with Crippen LogP contribution in [0.2, 0.25) is 0 Å². The van der Waals surface area contributed by atoms with Gasteiger partial charge in [0.15, 0.2) is 0 Å². The Balaban J connectivity index is 1.91. The van der Waals surface area contributed by atoms with Crippen LogP contribution in [0.3, 0.4) is 0 Å². The predicted octanol–water partition coefficient (Wildman–Crippen LogP) is 3.68. The third-order valence-electron chi connectivity index (χ3n) is 5.59. The number of nitrogens with zero attached hydrogens (tertiary/aromatic N) is 2. The molecule has 0 spiro atoms. The van der Waals surface area contributed by atoms with Gasteiger partial charge in [0.25, 0.3) is 0 Å². The summed E-state index contributed by atoms with van der Waals surface area (Å²) in [6, 6.07) is 3.17. The average molecular weight is 384 g/mol. The maximum atomic E-state index is 11.6. The molecule has 7 nitrogen and oxygen atoms in total. The summed E-state index contributed by atoms with van der Waals surface area (Å²) < 4.78 is 13.5. The first kappa shape index (κ1) is 19.3. The van der Waals surface area contributed by atoms with E-state index in [1.807, 2.05) is 11.4 Å². The van der Waals surface area contributed by atoms with Crippen molar-refractivity contribution in [3.8, 4) is 0 Å². The van der Waals surface area contributed by atoms with Crippen molar-refractivity contribution in [2.24, 2.45) is 11.8 Å². The fourth-order valence-corrected chi connectivity index (χ4v) is 6.40. The standard InChI is InChI=1S/C18H29N3O4S/c1-12-8-14(12)11-19-15-9-13(17(22)23)10-16(20-15)21(3)26(24-4,25-5)18(2)6-7-18/h9-10,12,14H,6-8,11H2,1-5H3,(H,19,20)(H,22,23). The van der Waals surface area contributed by atoms with Crippen molar-refractivity contribution < 1.29 is 18.3 Å². The molecule has 8 heteroatoms. The second-order valence-electron chi connectivity index (χ2n) is 7.51. The molecule has 2 atom stereocenters. The van der Waals surface area contributed by atoms with Gasteiger partial charge in [-0.3, -0.25) is 12.7 Å². The molecular formula is C18H29N3O4S. The molecule has 3 rings (SSSR count). The molecule has 2 fully saturated rings. The summed E-state index contributed by atoms with van der Waals surface area (Å²) in [7, 11) is 3.11. The molecule has 2 unspecified atom stereocenters. The Kier molecular flexibility index (Phi) is 5.11. The zero-order valence-electron chi connectivity index (χ0n) is 16.1. The van der Waals surface area contributed by atoms with E-state index in [0.717, 1.165) is 25.3 Å². The Bertz CT molecular complexity index is 691. The molecule has 1 aromatic heterocycles. The summed E-state index contributed by atoms with van der Waals surface area (Å²) in [6.07, 6.45) is 3.23. The van der Waals surface area contributed by atoms with Crippen molar-refractivity contribution in [2.75, 3.05) is 37.4 Å². The van der Waals surface area contributed by atoms with E-state index in [9.17, 15) is 9.90 Å². The van der Waals surface area contributed by atoms with E-state index in [-0.39, 0.29) is 10.3 Å². The predicted molar refractivity (Wildman–Crippen MR) is 105 cm³/mol. The third-order valence-corrected chi connectivity index (χ3v) is 9.06. The number of carbonyl (C=O) groups is 1. The molecule has 2 aliphatic carbocycles. The minimum absolute atomic E-state index is 0.0802. The molecule has 146 valence electrons. The zero-order valence-corrected chi connectivity index (χ0v) is 16.9. The van der Waals surface area contributed by atoms with E-state index >= 15 is 0 Å². The van der Waals surface area contributed by atoms with Gasteiger partial charge < -0.3 is 10.4 Å². The average Bonchev–Trinajstić information content (AvgIpc) is 3.53. The largest absolute Gasteiger partial charge is 0.478 e. The van der Waals surface area contributed by atoms with E-state index in [0.29, 0.717) is 17.6 Å². The molecule has 2 N–H and O–H groups in total. The minimum Gasteiger partial charge on any atom is -0.478 e. The molecule has 2 aliphatic rings. The first-order valence-corrected chi connectivity index (χ1v) is 10.4. The Morgan fingerprint density at radius 2 is 2.04 bits per heavy atom. The number of hydrogen-bond donors (Lipinski definition) is 2. The van der Waals surface area contributed by atoms with Crippen LogP contribution >= 0.6 is 10.8 Å². The van der Waals surface area contributed by atoms with Crippen molar-refractivity contribution in [2.45, 2.75) is 37.9 Å². The van der Waals surface area contributed by atoms with Gasteiger partial charge in [0, 0.05) is 13.6 Å². The number of hydrogen-bond acceptors (Lipinski definition) is 6. The lowest BCUT2D eigenvalue weighted by Crippen LogP contribution is -2.35. The molecule has 0 aliphatic heterocycles. The van der Waals surface area contributed by atoms with Crippen LogP contribution in [0.1, 0.15) is 43.5 Å². The van der Waals surface area contributed by atoms with Crippen molar-refractivity contribution in [3.63, 3.8) is 0 Å². The summed E-state index contributed by atoms with van der Waals surface area (Å²) in [6.45, 7) is 5.17. The highest BCUT2D eigenvalue weighted by Crippen LogP contribution is 2.72. The number of carboxylic acids is 1. The molecule has 0 saturated heterocycles. The molecule has 1 aromatic rings. The fraction of sp³-hybridized carbons (Fsp3) is 0.667. The second-order valence-corrected chi connectivity index (χ2v) is 10.7. The fourth-order valence-electron chi connectivity index (χ4n) is 3.39. The highest BCUT2D eigenvalue weighted by molar-refractivity contribution is 8.28. The van der Waals surface area contributed by atoms with Crippen molar-refractivity contribution >= 4 is 28.4 Å². The van der Waals surface area contributed by atoms with E-state index in [1.165, 1.54) is 6.42 Å². The quantitative estimate of drug-likeness (QED) is 0.673. The first-order valence-electron chi connectivity index (χ1n) is 8.93. The van der Waals surface area contributed by atoms with E-state index < -0.39 is 16.7 Å². The molecule has 0 bridgehead atoms. The van der Waals surface area contributed by atoms with Crippen molar-refractivity contribution in [1.29, 1.82) is 0 Å². The third kappa shape index (κ3) is 3.37. The number of aromatic carboxylic acids is 1. The van der Waals surface area contributed by atoms with Gasteiger partial charge in [-0.15, -0.1) is 10.8 Å². The van der Waals surface area contributed by atoms with E-state index in [1.54, 1.807) is 26.4 Å². The maximum Gasteiger partial charge on any atom is 0.335 e. The lowest BCUT2D eigenvalue weighted by Gasteiger charge is -2.52. The number of rotatable bonds is 9. The van der Waals surface area contributed by atoms with Crippen LogP contribution in [-0.4, -0.2) is 48.6 Å². The van der Waals surface area contributed by atoms with Gasteiger partial charge in [-0.2, -0.15) is 0 Å². The molecule has 0 amide bonds. The number of nitrogens with one attached hydrogen (secondary N) is 1. The van der Waals surface area contributed by atoms with Gasteiger partial charge in [-0.25, -0.2) is 9.78 Å². The summed E-state index contributed by atoms with van der Waals surface area (Å²) in [4.78, 5) is 16.3. The Labute approximate surface area is 156 Å². The summed E-state index contributed by atoms with van der Waals surface area (Å²) in [5, 5.41) is 12.8. The summed E-state index contributed by atoms with van der Waals surface area (Å²) in [5.41, 5.74) is 0.203. The van der Waals surface area contributed by atoms with Crippen LogP contribution in [0.25, 0.3) is 0 Å². The van der Waals surface area contributed by atoms with Crippen LogP contribution in [0.4, 0.5) is 11.6 Å². The maximum absolute atomic E-state index is 11.6. The van der Waals surface area contributed by atoms with Crippen LogP contribution in [0.15, 0.2) is 12.1 Å². The Hall–Kier alpha value is -1.51. The SMILES string of the molecule is COS(OC)(N(C)c1cc(C(=O)O)cc(NCC2CC2C)n1)C1(C)CC1.